The van der Waals surface area contributed by atoms with E-state index in [-0.39, 0.29) is 10.7 Å². The summed E-state index contributed by atoms with van der Waals surface area (Å²) in [4.78, 5) is 33.1. The predicted octanol–water partition coefficient (Wildman–Crippen LogP) is 2.57. The third-order valence-electron chi connectivity index (χ3n) is 6.50. The molecule has 5 rings (SSSR count). The number of rotatable bonds is 2. The summed E-state index contributed by atoms with van der Waals surface area (Å²) in [5.41, 5.74) is 7.71. The number of hydrogen-bond donors (Lipinski definition) is 1. The largest absolute Gasteiger partial charge is 0.742 e. The van der Waals surface area contributed by atoms with E-state index >= 15 is 0 Å². The highest BCUT2D eigenvalue weighted by molar-refractivity contribution is 7.78. The standard InChI is InChI=1S/C25H25N3O2S/c1-15-7-8-16(2)21(11-15)28-24(30)20(23(29)26-25(28)31)14-17-12-18-5-3-9-27-10-4-6-19(13-17)22(18)27/h7-8,11-14H,3-6,9-10H2,1-2H3,(H,26,29,31). The van der Waals surface area contributed by atoms with Crippen molar-refractivity contribution in [1.82, 2.24) is 0 Å². The number of quaternary nitrogens is 1. The molecule has 2 aromatic carbocycles. The summed E-state index contributed by atoms with van der Waals surface area (Å²) in [5.74, 6) is -0.965. The maximum Gasteiger partial charge on any atom is 0.282 e. The number of carbonyl (C=O) groups is 2. The highest BCUT2D eigenvalue weighted by Crippen LogP contribution is 2.30. The van der Waals surface area contributed by atoms with Crippen molar-refractivity contribution in [3.05, 3.63) is 63.7 Å². The molecule has 1 N–H and O–H groups in total. The van der Waals surface area contributed by atoms with Gasteiger partial charge in [-0.15, -0.1) is 0 Å². The molecule has 0 aromatic heterocycles. The van der Waals surface area contributed by atoms with E-state index in [2.05, 4.69) is 17.1 Å². The quantitative estimate of drug-likeness (QED) is 0.452. The number of amides is 2. The Hall–Kier alpha value is -2.83. The van der Waals surface area contributed by atoms with Crippen LogP contribution in [0.3, 0.4) is 0 Å². The van der Waals surface area contributed by atoms with E-state index in [0.29, 0.717) is 5.69 Å². The van der Waals surface area contributed by atoms with Gasteiger partial charge in [-0.05, 0) is 72.8 Å². The van der Waals surface area contributed by atoms with E-state index in [1.807, 2.05) is 32.0 Å². The second kappa shape index (κ2) is 7.70. The molecule has 31 heavy (non-hydrogen) atoms. The van der Waals surface area contributed by atoms with Gasteiger partial charge in [-0.25, -0.2) is 4.99 Å². The second-order valence-corrected chi connectivity index (χ2v) is 9.08. The molecule has 0 radical (unpaired) electrons. The highest BCUT2D eigenvalue weighted by atomic mass is 32.1. The maximum absolute atomic E-state index is 13.4. The molecule has 3 heterocycles. The van der Waals surface area contributed by atoms with Crippen molar-refractivity contribution in [1.29, 1.82) is 0 Å². The molecule has 0 spiro atoms. The Morgan fingerprint density at radius 1 is 1.03 bits per heavy atom. The first kappa shape index (κ1) is 20.1. The Balaban J connectivity index is 1.58. The average molecular weight is 432 g/mol. The third kappa shape index (κ3) is 3.50. The lowest BCUT2D eigenvalue weighted by atomic mass is 9.89. The Kier molecular flexibility index (Phi) is 4.99. The molecule has 0 saturated carbocycles. The molecule has 5 nitrogen and oxygen atoms in total. The Labute approximate surface area is 187 Å². The molecule has 0 unspecified atom stereocenters. The van der Waals surface area contributed by atoms with Crippen LogP contribution in [0.1, 0.15) is 40.7 Å². The van der Waals surface area contributed by atoms with Crippen molar-refractivity contribution in [2.45, 2.75) is 39.5 Å². The van der Waals surface area contributed by atoms with Gasteiger partial charge < -0.3 is 17.5 Å². The summed E-state index contributed by atoms with van der Waals surface area (Å²) in [7, 11) is 0. The van der Waals surface area contributed by atoms with Crippen LogP contribution in [0.15, 0.2) is 40.9 Å². The van der Waals surface area contributed by atoms with Crippen molar-refractivity contribution < 1.29 is 14.5 Å². The molecule has 3 aliphatic rings. The number of hydrogen-bond acceptors (Lipinski definition) is 3. The van der Waals surface area contributed by atoms with Gasteiger partial charge in [-0.3, -0.25) is 14.5 Å². The summed E-state index contributed by atoms with van der Waals surface area (Å²) >= 11 is 5.31. The molecule has 0 bridgehead atoms. The molecular weight excluding hydrogens is 406 g/mol. The SMILES string of the molecule is Cc1ccc(C)c(N2C(=O)C(=Cc3cc4c5c(c3)CCC[NH+]5CCC4)C(=O)N=C2[S-])c1. The second-order valence-electron chi connectivity index (χ2n) is 8.71. The topological polar surface area (TPSA) is 54.2 Å². The normalized spacial score (nSPS) is 20.1. The molecule has 158 valence electrons. The molecule has 0 atom stereocenters. The molecule has 3 aliphatic heterocycles. The van der Waals surface area contributed by atoms with Gasteiger partial charge >= 0.3 is 0 Å². The number of nitrogens with zero attached hydrogens (tertiary/aromatic N) is 2. The van der Waals surface area contributed by atoms with Crippen LogP contribution in [-0.4, -0.2) is 30.1 Å². The molecule has 2 aromatic rings. The van der Waals surface area contributed by atoms with Gasteiger partial charge in [0, 0.05) is 24.0 Å². The molecule has 2 amide bonds. The number of aryl methyl sites for hydroxylation is 4. The molecule has 0 saturated heterocycles. The van der Waals surface area contributed by atoms with Gasteiger partial charge in [-0.1, -0.05) is 12.1 Å². The van der Waals surface area contributed by atoms with Gasteiger partial charge in [0.15, 0.2) is 0 Å². The van der Waals surface area contributed by atoms with Gasteiger partial charge in [0.1, 0.15) is 11.3 Å². The fourth-order valence-electron chi connectivity index (χ4n) is 5.04. The average Bonchev–Trinajstić information content (AvgIpc) is 2.74. The lowest BCUT2D eigenvalue weighted by Crippen LogP contribution is -3.09. The van der Waals surface area contributed by atoms with Crippen LogP contribution in [0, 0.1) is 13.8 Å². The van der Waals surface area contributed by atoms with Gasteiger partial charge in [0.25, 0.3) is 11.8 Å². The van der Waals surface area contributed by atoms with Gasteiger partial charge in [0.2, 0.25) is 0 Å². The van der Waals surface area contributed by atoms with E-state index in [9.17, 15) is 9.59 Å². The maximum atomic E-state index is 13.4. The van der Waals surface area contributed by atoms with E-state index in [1.54, 1.807) is 11.0 Å². The lowest BCUT2D eigenvalue weighted by molar-refractivity contribution is -0.838. The first-order valence-corrected chi connectivity index (χ1v) is 11.3. The summed E-state index contributed by atoms with van der Waals surface area (Å²) in [6, 6.07) is 10.1. The van der Waals surface area contributed by atoms with Crippen LogP contribution in [0.4, 0.5) is 11.4 Å². The summed E-state index contributed by atoms with van der Waals surface area (Å²) in [5, 5.41) is 0.000579. The van der Waals surface area contributed by atoms with E-state index < -0.39 is 11.8 Å². The van der Waals surface area contributed by atoms with E-state index in [4.69, 9.17) is 12.6 Å². The highest BCUT2D eigenvalue weighted by Gasteiger charge is 2.32. The van der Waals surface area contributed by atoms with Crippen molar-refractivity contribution in [3.8, 4) is 0 Å². The Bertz CT molecular complexity index is 1150. The zero-order valence-corrected chi connectivity index (χ0v) is 18.6. The number of nitrogens with one attached hydrogen (secondary N) is 1. The van der Waals surface area contributed by atoms with Crippen LogP contribution in [0.2, 0.25) is 0 Å². The summed E-state index contributed by atoms with van der Waals surface area (Å²) in [6.07, 6.45) is 6.14. The van der Waals surface area contributed by atoms with Gasteiger partial charge in [-0.2, -0.15) is 0 Å². The Morgan fingerprint density at radius 3 is 2.39 bits per heavy atom. The predicted molar refractivity (Wildman–Crippen MR) is 125 cm³/mol. The molecule has 6 heteroatoms. The minimum Gasteiger partial charge on any atom is -0.742 e. The first-order valence-electron chi connectivity index (χ1n) is 10.9. The Morgan fingerprint density at radius 2 is 1.71 bits per heavy atom. The molecular formula is C25H25N3O2S. The van der Waals surface area contributed by atoms with Crippen LogP contribution in [-0.2, 0) is 35.1 Å². The fraction of sp³-hybridized carbons (Fsp3) is 0.320. The monoisotopic (exact) mass is 431 g/mol. The number of amidine groups is 1. The number of benzene rings is 2. The molecule has 0 fully saturated rings. The van der Waals surface area contributed by atoms with Crippen LogP contribution in [0.5, 0.6) is 0 Å². The third-order valence-corrected chi connectivity index (χ3v) is 6.77. The smallest absolute Gasteiger partial charge is 0.282 e. The van der Waals surface area contributed by atoms with Crippen LogP contribution >= 0.6 is 0 Å². The van der Waals surface area contributed by atoms with Crippen molar-refractivity contribution in [2.75, 3.05) is 18.0 Å². The summed E-state index contributed by atoms with van der Waals surface area (Å²) < 4.78 is 0. The first-order chi connectivity index (χ1) is 14.9. The van der Waals surface area contributed by atoms with Crippen molar-refractivity contribution in [2.24, 2.45) is 4.99 Å². The van der Waals surface area contributed by atoms with Crippen LogP contribution < -0.4 is 9.80 Å². The summed E-state index contributed by atoms with van der Waals surface area (Å²) in [6.45, 7) is 6.27. The zero-order chi connectivity index (χ0) is 21.7. The lowest BCUT2D eigenvalue weighted by Gasteiger charge is -2.33. The van der Waals surface area contributed by atoms with Crippen molar-refractivity contribution >= 4 is 47.1 Å². The minimum atomic E-state index is -0.560. The zero-order valence-electron chi connectivity index (χ0n) is 17.8. The number of carbonyl (C=O) groups excluding carboxylic acids is 2. The van der Waals surface area contributed by atoms with Gasteiger partial charge in [0.05, 0.1) is 18.8 Å². The molecule has 0 aliphatic carbocycles. The van der Waals surface area contributed by atoms with Crippen LogP contribution in [0.25, 0.3) is 6.08 Å². The van der Waals surface area contributed by atoms with E-state index in [0.717, 1.165) is 29.5 Å². The number of anilines is 1. The minimum absolute atomic E-state index is 0.000579. The van der Waals surface area contributed by atoms with E-state index in [1.165, 1.54) is 47.6 Å². The fourth-order valence-corrected chi connectivity index (χ4v) is 5.31. The number of aliphatic imine (C=N–C) groups is 1. The van der Waals surface area contributed by atoms with Crippen molar-refractivity contribution in [3.63, 3.8) is 0 Å².